The van der Waals surface area contributed by atoms with Crippen molar-refractivity contribution in [3.63, 3.8) is 0 Å². The molecule has 3 heterocycles. The Hall–Kier alpha value is -3.52. The first kappa shape index (κ1) is 23.2. The maximum absolute atomic E-state index is 13.7. The van der Waals surface area contributed by atoms with Gasteiger partial charge in [0.2, 0.25) is 0 Å². The second kappa shape index (κ2) is 9.26. The summed E-state index contributed by atoms with van der Waals surface area (Å²) in [6.07, 6.45) is 6.69. The number of nitrogens with one attached hydrogen (secondary N) is 1. The summed E-state index contributed by atoms with van der Waals surface area (Å²) >= 11 is 6.01. The lowest BCUT2D eigenvalue weighted by Gasteiger charge is -2.33. The van der Waals surface area contributed by atoms with E-state index in [2.05, 4.69) is 5.10 Å². The quantitative estimate of drug-likeness (QED) is 0.517. The summed E-state index contributed by atoms with van der Waals surface area (Å²) in [5, 5.41) is 3.62. The molecule has 182 valence electrons. The normalized spacial score (nSPS) is 17.1. The minimum Gasteiger partial charge on any atom is -0.467 e. The molecule has 1 aliphatic carbocycles. The van der Waals surface area contributed by atoms with E-state index in [0.29, 0.717) is 22.2 Å². The Balaban J connectivity index is 1.63. The summed E-state index contributed by atoms with van der Waals surface area (Å²) in [4.78, 5) is 44.1. The van der Waals surface area contributed by atoms with Crippen LogP contribution in [-0.4, -0.2) is 44.5 Å². The van der Waals surface area contributed by atoms with E-state index in [1.54, 1.807) is 43.3 Å². The smallest absolute Gasteiger partial charge is 0.279 e. The molecule has 35 heavy (non-hydrogen) atoms. The number of imide groups is 1. The third-order valence-corrected chi connectivity index (χ3v) is 7.17. The summed E-state index contributed by atoms with van der Waals surface area (Å²) < 4.78 is 6.78. The van der Waals surface area contributed by atoms with Gasteiger partial charge in [0.25, 0.3) is 17.4 Å². The van der Waals surface area contributed by atoms with Crippen molar-refractivity contribution in [3.05, 3.63) is 80.8 Å². The minimum atomic E-state index is -0.494. The number of rotatable bonds is 6. The fourth-order valence-electron chi connectivity index (χ4n) is 5.08. The largest absolute Gasteiger partial charge is 0.467 e. The molecule has 8 nitrogen and oxygen atoms in total. The number of hydrogen-bond acceptors (Lipinski definition) is 5. The monoisotopic (exact) mass is 494 g/mol. The van der Waals surface area contributed by atoms with Crippen molar-refractivity contribution in [2.45, 2.75) is 51.6 Å². The van der Waals surface area contributed by atoms with Crippen LogP contribution in [0.2, 0.25) is 5.02 Å². The first-order valence-electron chi connectivity index (χ1n) is 11.8. The van der Waals surface area contributed by atoms with Crippen LogP contribution in [0.15, 0.2) is 57.6 Å². The number of aryl methyl sites for hydroxylation is 1. The second-order valence-corrected chi connectivity index (χ2v) is 9.57. The molecule has 0 saturated heterocycles. The maximum Gasteiger partial charge on any atom is 0.279 e. The Morgan fingerprint density at radius 1 is 1.06 bits per heavy atom. The highest BCUT2D eigenvalue weighted by Gasteiger charge is 2.44. The Kier molecular flexibility index (Phi) is 6.15. The fraction of sp³-hybridized carbons (Fsp3) is 0.346. The van der Waals surface area contributed by atoms with E-state index >= 15 is 0 Å². The number of carbonyl (C=O) groups excluding carboxylic acids is 2. The van der Waals surface area contributed by atoms with Crippen molar-refractivity contribution in [1.29, 1.82) is 0 Å². The molecule has 9 heteroatoms. The average Bonchev–Trinajstić information content (AvgIpc) is 3.54. The van der Waals surface area contributed by atoms with Crippen molar-refractivity contribution in [2.24, 2.45) is 0 Å². The first-order chi connectivity index (χ1) is 16.9. The maximum atomic E-state index is 13.7. The lowest BCUT2D eigenvalue weighted by atomic mass is 9.93. The van der Waals surface area contributed by atoms with Crippen molar-refractivity contribution in [2.75, 3.05) is 7.05 Å². The molecule has 1 aliphatic heterocycles. The molecule has 5 rings (SSSR count). The predicted octanol–water partition coefficient (Wildman–Crippen LogP) is 4.27. The molecule has 0 bridgehead atoms. The van der Waals surface area contributed by atoms with Crippen LogP contribution in [0.5, 0.6) is 0 Å². The van der Waals surface area contributed by atoms with E-state index in [0.717, 1.165) is 32.1 Å². The Labute approximate surface area is 207 Å². The highest BCUT2D eigenvalue weighted by Crippen LogP contribution is 2.35. The molecule has 1 aromatic carbocycles. The van der Waals surface area contributed by atoms with E-state index < -0.39 is 17.4 Å². The number of likely N-dealkylation sites (N-methyl/N-ethyl adjacent to an activating group) is 1. The molecular weight excluding hydrogens is 468 g/mol. The number of hydrogen-bond donors (Lipinski definition) is 1. The van der Waals surface area contributed by atoms with E-state index in [1.807, 2.05) is 11.9 Å². The molecule has 3 aromatic rings. The van der Waals surface area contributed by atoms with Crippen LogP contribution in [0.3, 0.4) is 0 Å². The third kappa shape index (κ3) is 4.12. The number of nitrogens with zero attached hydrogens (tertiary/aromatic N) is 3. The van der Waals surface area contributed by atoms with Gasteiger partial charge in [0.15, 0.2) is 0 Å². The van der Waals surface area contributed by atoms with Gasteiger partial charge in [-0.25, -0.2) is 4.68 Å². The molecule has 0 unspecified atom stereocenters. The lowest BCUT2D eigenvalue weighted by molar-refractivity contribution is -0.138. The van der Waals surface area contributed by atoms with Crippen LogP contribution >= 0.6 is 11.6 Å². The van der Waals surface area contributed by atoms with E-state index in [4.69, 9.17) is 16.0 Å². The van der Waals surface area contributed by atoms with Gasteiger partial charge in [0.05, 0.1) is 29.6 Å². The Bertz CT molecular complexity index is 1340. The lowest BCUT2D eigenvalue weighted by Crippen LogP contribution is -2.38. The third-order valence-electron chi connectivity index (χ3n) is 6.92. The number of carbonyl (C=O) groups is 2. The van der Waals surface area contributed by atoms with Gasteiger partial charge in [-0.1, -0.05) is 30.9 Å². The van der Waals surface area contributed by atoms with Gasteiger partial charge < -0.3 is 9.32 Å². The number of aromatic nitrogens is 2. The number of furan rings is 1. The molecule has 2 amide bonds. The first-order valence-corrected chi connectivity index (χ1v) is 12.2. The molecule has 0 atom stereocenters. The van der Waals surface area contributed by atoms with Crippen molar-refractivity contribution < 1.29 is 14.0 Å². The molecule has 2 aliphatic rings. The SMILES string of the molecule is Cc1[nH]n(-c2ccc(Cl)cc2)c(=O)c1C1=C(N(C)C2CCCCC2)C(=O)N(Cc2ccco2)C1=O. The zero-order valence-electron chi connectivity index (χ0n) is 19.7. The summed E-state index contributed by atoms with van der Waals surface area (Å²) in [6, 6.07) is 10.4. The molecule has 1 N–H and O–H groups in total. The van der Waals surface area contributed by atoms with Gasteiger partial charge in [0, 0.05) is 23.8 Å². The second-order valence-electron chi connectivity index (χ2n) is 9.13. The topological polar surface area (TPSA) is 91.6 Å². The summed E-state index contributed by atoms with van der Waals surface area (Å²) in [5.41, 5.74) is 1.32. The van der Waals surface area contributed by atoms with Gasteiger partial charge in [0.1, 0.15) is 11.5 Å². The highest BCUT2D eigenvalue weighted by molar-refractivity contribution is 6.35. The summed E-state index contributed by atoms with van der Waals surface area (Å²) in [5.74, 6) is -0.406. The molecule has 2 aromatic heterocycles. The Morgan fingerprint density at radius 2 is 1.77 bits per heavy atom. The molecule has 1 fully saturated rings. The number of H-pyrrole nitrogens is 1. The van der Waals surface area contributed by atoms with Crippen molar-refractivity contribution in [1.82, 2.24) is 19.6 Å². The fourth-order valence-corrected chi connectivity index (χ4v) is 5.21. The van der Waals surface area contributed by atoms with Crippen LogP contribution in [0.4, 0.5) is 0 Å². The highest BCUT2D eigenvalue weighted by atomic mass is 35.5. The number of benzene rings is 1. The standard InChI is InChI=1S/C26H27ClN4O4/c1-16-21(25(33)31(28-16)19-12-10-17(27)11-13-19)22-23(29(2)18-7-4-3-5-8-18)26(34)30(24(22)32)15-20-9-6-14-35-20/h6,9-14,18,28H,3-5,7-8,15H2,1-2H3. The zero-order chi connectivity index (χ0) is 24.7. The van der Waals surface area contributed by atoms with Crippen molar-refractivity contribution in [3.8, 4) is 5.69 Å². The van der Waals surface area contributed by atoms with Gasteiger partial charge in [-0.3, -0.25) is 24.4 Å². The van der Waals surface area contributed by atoms with Crippen LogP contribution < -0.4 is 5.56 Å². The molecule has 0 spiro atoms. The number of aromatic amines is 1. The molecule has 1 saturated carbocycles. The van der Waals surface area contributed by atoms with E-state index in [-0.39, 0.29) is 29.4 Å². The van der Waals surface area contributed by atoms with Gasteiger partial charge in [-0.15, -0.1) is 0 Å². The Morgan fingerprint density at radius 3 is 2.43 bits per heavy atom. The van der Waals surface area contributed by atoms with E-state index in [9.17, 15) is 14.4 Å². The summed E-state index contributed by atoms with van der Waals surface area (Å²) in [7, 11) is 1.85. The zero-order valence-corrected chi connectivity index (χ0v) is 20.5. The van der Waals surface area contributed by atoms with Crippen LogP contribution in [-0.2, 0) is 16.1 Å². The van der Waals surface area contributed by atoms with Crippen LogP contribution in [0, 0.1) is 6.92 Å². The average molecular weight is 495 g/mol. The number of halogens is 1. The minimum absolute atomic E-state index is 0.00498. The van der Waals surface area contributed by atoms with Gasteiger partial charge in [-0.2, -0.15) is 0 Å². The molecular formula is C26H27ClN4O4. The van der Waals surface area contributed by atoms with Gasteiger partial charge in [-0.05, 0) is 56.2 Å². The van der Waals surface area contributed by atoms with Gasteiger partial charge >= 0.3 is 0 Å². The predicted molar refractivity (Wildman–Crippen MR) is 132 cm³/mol. The number of amides is 2. The van der Waals surface area contributed by atoms with E-state index in [1.165, 1.54) is 15.8 Å². The van der Waals surface area contributed by atoms with Crippen molar-refractivity contribution >= 4 is 29.0 Å². The summed E-state index contributed by atoms with van der Waals surface area (Å²) in [6.45, 7) is 1.74. The van der Waals surface area contributed by atoms with Crippen LogP contribution in [0.25, 0.3) is 11.3 Å². The van der Waals surface area contributed by atoms with Crippen LogP contribution in [0.1, 0.15) is 49.1 Å². The molecule has 0 radical (unpaired) electrons.